The molecule has 1 fully saturated rings. The average molecular weight is 215 g/mol. The van der Waals surface area contributed by atoms with Crippen LogP contribution in [0.2, 0.25) is 0 Å². The van der Waals surface area contributed by atoms with E-state index in [4.69, 9.17) is 4.42 Å². The van der Waals surface area contributed by atoms with E-state index in [9.17, 15) is 0 Å². The molecule has 16 heavy (non-hydrogen) atoms. The van der Waals surface area contributed by atoms with Gasteiger partial charge in [0.15, 0.2) is 0 Å². The van der Waals surface area contributed by atoms with Crippen LogP contribution in [0.3, 0.4) is 0 Å². The van der Waals surface area contributed by atoms with Crippen molar-refractivity contribution < 1.29 is 4.42 Å². The number of fused-ring (bicyclic) bond motifs is 1. The van der Waals surface area contributed by atoms with E-state index in [2.05, 4.69) is 36.5 Å². The molecule has 0 atom stereocenters. The molecule has 1 aliphatic carbocycles. The van der Waals surface area contributed by atoms with Gasteiger partial charge in [0.25, 0.3) is 0 Å². The van der Waals surface area contributed by atoms with E-state index in [1.807, 2.05) is 0 Å². The third kappa shape index (κ3) is 1.85. The minimum absolute atomic E-state index is 0.718. The van der Waals surface area contributed by atoms with Gasteiger partial charge in [-0.2, -0.15) is 0 Å². The summed E-state index contributed by atoms with van der Waals surface area (Å²) in [6.07, 6.45) is 4.01. The predicted octanol–water partition coefficient (Wildman–Crippen LogP) is 3.38. The number of rotatable bonds is 3. The summed E-state index contributed by atoms with van der Waals surface area (Å²) >= 11 is 0. The molecule has 0 spiro atoms. The highest BCUT2D eigenvalue weighted by atomic mass is 16.3. The molecule has 1 aliphatic rings. The number of aryl methyl sites for hydroxylation is 1. The normalized spacial score (nSPS) is 16.6. The van der Waals surface area contributed by atoms with E-state index in [1.165, 1.54) is 30.2 Å². The first kappa shape index (κ1) is 9.91. The minimum atomic E-state index is 0.718. The Bertz CT molecular complexity index is 496. The molecule has 0 amide bonds. The SMILES string of the molecule is Cc1ccc2oc(CNC3CCC3)cc2c1. The van der Waals surface area contributed by atoms with Crippen molar-refractivity contribution in [3.63, 3.8) is 0 Å². The number of nitrogens with one attached hydrogen (secondary N) is 1. The summed E-state index contributed by atoms with van der Waals surface area (Å²) in [6.45, 7) is 2.97. The van der Waals surface area contributed by atoms with Crippen molar-refractivity contribution in [3.05, 3.63) is 35.6 Å². The maximum absolute atomic E-state index is 5.78. The summed E-state index contributed by atoms with van der Waals surface area (Å²) in [5, 5.41) is 4.73. The fourth-order valence-corrected chi connectivity index (χ4v) is 2.16. The number of benzene rings is 1. The lowest BCUT2D eigenvalue weighted by Crippen LogP contribution is -2.34. The van der Waals surface area contributed by atoms with Gasteiger partial charge in [0, 0.05) is 11.4 Å². The van der Waals surface area contributed by atoms with Crippen molar-refractivity contribution in [1.29, 1.82) is 0 Å². The summed E-state index contributed by atoms with van der Waals surface area (Å²) < 4.78 is 5.78. The molecule has 3 rings (SSSR count). The van der Waals surface area contributed by atoms with Crippen LogP contribution in [0.4, 0.5) is 0 Å². The molecule has 84 valence electrons. The molecular formula is C14H17NO. The molecule has 0 aliphatic heterocycles. The van der Waals surface area contributed by atoms with Gasteiger partial charge in [0.1, 0.15) is 11.3 Å². The van der Waals surface area contributed by atoms with Gasteiger partial charge >= 0.3 is 0 Å². The van der Waals surface area contributed by atoms with E-state index in [-0.39, 0.29) is 0 Å². The first-order valence-electron chi connectivity index (χ1n) is 6.04. The van der Waals surface area contributed by atoms with Crippen LogP contribution in [0.15, 0.2) is 28.7 Å². The highest BCUT2D eigenvalue weighted by Crippen LogP contribution is 2.22. The van der Waals surface area contributed by atoms with Crippen LogP contribution in [-0.4, -0.2) is 6.04 Å². The quantitative estimate of drug-likeness (QED) is 0.849. The smallest absolute Gasteiger partial charge is 0.134 e. The highest BCUT2D eigenvalue weighted by Gasteiger charge is 2.16. The van der Waals surface area contributed by atoms with Gasteiger partial charge in [-0.05, 0) is 38.0 Å². The number of furan rings is 1. The van der Waals surface area contributed by atoms with Gasteiger partial charge in [-0.15, -0.1) is 0 Å². The second-order valence-electron chi connectivity index (χ2n) is 4.76. The minimum Gasteiger partial charge on any atom is -0.460 e. The molecule has 1 heterocycles. The average Bonchev–Trinajstić information content (AvgIpc) is 2.57. The summed E-state index contributed by atoms with van der Waals surface area (Å²) in [7, 11) is 0. The molecule has 0 bridgehead atoms. The predicted molar refractivity (Wildman–Crippen MR) is 65.4 cm³/mol. The molecule has 2 heteroatoms. The second-order valence-corrected chi connectivity index (χ2v) is 4.76. The van der Waals surface area contributed by atoms with Gasteiger partial charge in [-0.25, -0.2) is 0 Å². The van der Waals surface area contributed by atoms with E-state index in [0.717, 1.165) is 23.9 Å². The third-order valence-corrected chi connectivity index (χ3v) is 3.39. The lowest BCUT2D eigenvalue weighted by Gasteiger charge is -2.25. The van der Waals surface area contributed by atoms with Crippen LogP contribution >= 0.6 is 0 Å². The van der Waals surface area contributed by atoms with Gasteiger partial charge in [0.05, 0.1) is 6.54 Å². The van der Waals surface area contributed by atoms with Crippen molar-refractivity contribution in [3.8, 4) is 0 Å². The van der Waals surface area contributed by atoms with Crippen molar-refractivity contribution in [2.75, 3.05) is 0 Å². The Labute approximate surface area is 95.6 Å². The van der Waals surface area contributed by atoms with Crippen LogP contribution in [-0.2, 0) is 6.54 Å². The fourth-order valence-electron chi connectivity index (χ4n) is 2.16. The second kappa shape index (κ2) is 3.95. The maximum atomic E-state index is 5.78. The highest BCUT2D eigenvalue weighted by molar-refractivity contribution is 5.78. The zero-order valence-corrected chi connectivity index (χ0v) is 9.62. The number of hydrogen-bond donors (Lipinski definition) is 1. The van der Waals surface area contributed by atoms with E-state index in [1.54, 1.807) is 0 Å². The Hall–Kier alpha value is -1.28. The lowest BCUT2D eigenvalue weighted by molar-refractivity contribution is 0.327. The first-order chi connectivity index (χ1) is 7.81. The molecule has 0 unspecified atom stereocenters. The number of hydrogen-bond acceptors (Lipinski definition) is 2. The third-order valence-electron chi connectivity index (χ3n) is 3.39. The Balaban J connectivity index is 1.76. The summed E-state index contributed by atoms with van der Waals surface area (Å²) in [6, 6.07) is 9.18. The largest absolute Gasteiger partial charge is 0.460 e. The molecule has 1 saturated carbocycles. The van der Waals surface area contributed by atoms with Crippen LogP contribution in [0.1, 0.15) is 30.6 Å². The fraction of sp³-hybridized carbons (Fsp3) is 0.429. The van der Waals surface area contributed by atoms with Crippen molar-refractivity contribution in [1.82, 2.24) is 5.32 Å². The Morgan fingerprint density at radius 1 is 1.31 bits per heavy atom. The molecule has 0 saturated heterocycles. The van der Waals surface area contributed by atoms with E-state index in [0.29, 0.717) is 0 Å². The van der Waals surface area contributed by atoms with Crippen LogP contribution in [0.5, 0.6) is 0 Å². The summed E-state index contributed by atoms with van der Waals surface area (Å²) in [5.74, 6) is 1.05. The lowest BCUT2D eigenvalue weighted by atomic mass is 9.93. The Kier molecular flexibility index (Phi) is 2.44. The molecule has 1 N–H and O–H groups in total. The van der Waals surface area contributed by atoms with E-state index < -0.39 is 0 Å². The molecule has 2 nitrogen and oxygen atoms in total. The van der Waals surface area contributed by atoms with Crippen molar-refractivity contribution in [2.24, 2.45) is 0 Å². The van der Waals surface area contributed by atoms with Gasteiger partial charge in [-0.3, -0.25) is 0 Å². The van der Waals surface area contributed by atoms with Gasteiger partial charge < -0.3 is 9.73 Å². The zero-order chi connectivity index (χ0) is 11.0. The van der Waals surface area contributed by atoms with Crippen molar-refractivity contribution >= 4 is 11.0 Å². The molecular weight excluding hydrogens is 198 g/mol. The molecule has 1 aromatic carbocycles. The van der Waals surface area contributed by atoms with Crippen LogP contribution in [0.25, 0.3) is 11.0 Å². The van der Waals surface area contributed by atoms with Crippen LogP contribution in [0, 0.1) is 6.92 Å². The molecule has 1 aromatic heterocycles. The standard InChI is InChI=1S/C14H17NO/c1-10-5-6-14-11(7-10)8-13(16-14)9-15-12-3-2-4-12/h5-8,12,15H,2-4,9H2,1H3. The van der Waals surface area contributed by atoms with Crippen molar-refractivity contribution in [2.45, 2.75) is 38.8 Å². The Morgan fingerprint density at radius 3 is 2.94 bits per heavy atom. The summed E-state index contributed by atoms with van der Waals surface area (Å²) in [4.78, 5) is 0. The first-order valence-corrected chi connectivity index (χ1v) is 6.04. The maximum Gasteiger partial charge on any atom is 0.134 e. The van der Waals surface area contributed by atoms with E-state index >= 15 is 0 Å². The zero-order valence-electron chi connectivity index (χ0n) is 9.62. The molecule has 2 aromatic rings. The topological polar surface area (TPSA) is 25.2 Å². The monoisotopic (exact) mass is 215 g/mol. The van der Waals surface area contributed by atoms with Crippen LogP contribution < -0.4 is 5.32 Å². The van der Waals surface area contributed by atoms with Gasteiger partial charge in [-0.1, -0.05) is 18.1 Å². The molecule has 0 radical (unpaired) electrons. The van der Waals surface area contributed by atoms with Gasteiger partial charge in [0.2, 0.25) is 0 Å². The summed E-state index contributed by atoms with van der Waals surface area (Å²) in [5.41, 5.74) is 2.28. The Morgan fingerprint density at radius 2 is 2.19 bits per heavy atom.